The first kappa shape index (κ1) is 14.6. The predicted octanol–water partition coefficient (Wildman–Crippen LogP) is 5.11. The van der Waals surface area contributed by atoms with Gasteiger partial charge >= 0.3 is 0 Å². The molecule has 0 radical (unpaired) electrons. The smallest absolute Gasteiger partial charge is 0.0992 e. The van der Waals surface area contributed by atoms with Crippen molar-refractivity contribution >= 4 is 21.6 Å². The molecule has 2 aromatic rings. The standard InChI is InChI=1S/C17H17BrN2/c1-11-6-12(2)8-15(7-11)13(3)20-17-5-4-14(10-19)9-16(17)18/h4-9,13,20H,1-3H3. The number of hydrogen-bond acceptors (Lipinski definition) is 2. The maximum absolute atomic E-state index is 8.88. The Labute approximate surface area is 128 Å². The van der Waals surface area contributed by atoms with Gasteiger partial charge in [0.2, 0.25) is 0 Å². The Morgan fingerprint density at radius 3 is 2.30 bits per heavy atom. The molecule has 2 nitrogen and oxygen atoms in total. The third-order valence-corrected chi connectivity index (χ3v) is 3.87. The lowest BCUT2D eigenvalue weighted by Gasteiger charge is -2.18. The van der Waals surface area contributed by atoms with E-state index in [-0.39, 0.29) is 6.04 Å². The Balaban J connectivity index is 2.23. The number of halogens is 1. The zero-order valence-corrected chi connectivity index (χ0v) is 13.5. The van der Waals surface area contributed by atoms with Gasteiger partial charge < -0.3 is 5.32 Å². The molecule has 0 aliphatic heterocycles. The molecule has 0 fully saturated rings. The summed E-state index contributed by atoms with van der Waals surface area (Å²) in [5, 5.41) is 12.4. The average Bonchev–Trinajstić information content (AvgIpc) is 2.39. The summed E-state index contributed by atoms with van der Waals surface area (Å²) in [6, 6.07) is 14.5. The van der Waals surface area contributed by atoms with E-state index in [0.717, 1.165) is 10.2 Å². The fourth-order valence-corrected chi connectivity index (χ4v) is 2.77. The zero-order chi connectivity index (χ0) is 14.7. The molecule has 0 saturated heterocycles. The van der Waals surface area contributed by atoms with Gasteiger partial charge in [-0.15, -0.1) is 0 Å². The van der Waals surface area contributed by atoms with Crippen LogP contribution in [0, 0.1) is 25.2 Å². The lowest BCUT2D eigenvalue weighted by molar-refractivity contribution is 0.879. The monoisotopic (exact) mass is 328 g/mol. The van der Waals surface area contributed by atoms with Gasteiger partial charge in [0.15, 0.2) is 0 Å². The summed E-state index contributed by atoms with van der Waals surface area (Å²) in [6.07, 6.45) is 0. The van der Waals surface area contributed by atoms with Crippen molar-refractivity contribution in [3.8, 4) is 6.07 Å². The van der Waals surface area contributed by atoms with Crippen LogP contribution in [-0.2, 0) is 0 Å². The average molecular weight is 329 g/mol. The molecule has 0 aliphatic rings. The van der Waals surface area contributed by atoms with Crippen molar-refractivity contribution in [1.82, 2.24) is 0 Å². The third kappa shape index (κ3) is 3.40. The van der Waals surface area contributed by atoms with E-state index in [1.165, 1.54) is 16.7 Å². The molecule has 0 spiro atoms. The van der Waals surface area contributed by atoms with Crippen LogP contribution in [-0.4, -0.2) is 0 Å². The summed E-state index contributed by atoms with van der Waals surface area (Å²) in [4.78, 5) is 0. The first-order chi connectivity index (χ1) is 9.49. The highest BCUT2D eigenvalue weighted by atomic mass is 79.9. The third-order valence-electron chi connectivity index (χ3n) is 3.21. The Morgan fingerprint density at radius 1 is 1.10 bits per heavy atom. The zero-order valence-electron chi connectivity index (χ0n) is 11.9. The van der Waals surface area contributed by atoms with Crippen LogP contribution in [0.3, 0.4) is 0 Å². The second-order valence-electron chi connectivity index (χ2n) is 5.09. The van der Waals surface area contributed by atoms with Crippen LogP contribution < -0.4 is 5.32 Å². The summed E-state index contributed by atoms with van der Waals surface area (Å²) in [6.45, 7) is 6.36. The van der Waals surface area contributed by atoms with Gasteiger partial charge in [-0.05, 0) is 60.5 Å². The van der Waals surface area contributed by atoms with Crippen molar-refractivity contribution in [2.75, 3.05) is 5.32 Å². The number of nitrogens with zero attached hydrogens (tertiary/aromatic N) is 1. The second kappa shape index (κ2) is 6.11. The van der Waals surface area contributed by atoms with E-state index >= 15 is 0 Å². The van der Waals surface area contributed by atoms with Crippen LogP contribution in [0.1, 0.15) is 35.2 Å². The van der Waals surface area contributed by atoms with E-state index in [0.29, 0.717) is 5.56 Å². The second-order valence-corrected chi connectivity index (χ2v) is 5.95. The van der Waals surface area contributed by atoms with Crippen LogP contribution >= 0.6 is 15.9 Å². The molecular weight excluding hydrogens is 312 g/mol. The molecule has 0 amide bonds. The number of benzene rings is 2. The van der Waals surface area contributed by atoms with Crippen LogP contribution in [0.4, 0.5) is 5.69 Å². The number of nitriles is 1. The van der Waals surface area contributed by atoms with Gasteiger partial charge in [0.1, 0.15) is 0 Å². The number of rotatable bonds is 3. The van der Waals surface area contributed by atoms with Crippen molar-refractivity contribution in [3.05, 3.63) is 63.1 Å². The molecule has 2 rings (SSSR count). The van der Waals surface area contributed by atoms with E-state index in [1.807, 2.05) is 18.2 Å². The van der Waals surface area contributed by atoms with Crippen molar-refractivity contribution < 1.29 is 0 Å². The minimum Gasteiger partial charge on any atom is -0.378 e. The molecule has 1 N–H and O–H groups in total. The molecule has 0 aliphatic carbocycles. The minimum atomic E-state index is 0.206. The van der Waals surface area contributed by atoms with Crippen LogP contribution in [0.15, 0.2) is 40.9 Å². The maximum atomic E-state index is 8.88. The Hall–Kier alpha value is -1.79. The van der Waals surface area contributed by atoms with Crippen molar-refractivity contribution in [2.45, 2.75) is 26.8 Å². The first-order valence-corrected chi connectivity index (χ1v) is 7.33. The highest BCUT2D eigenvalue weighted by molar-refractivity contribution is 9.10. The van der Waals surface area contributed by atoms with Gasteiger partial charge in [-0.2, -0.15) is 5.26 Å². The molecule has 0 aromatic heterocycles. The molecule has 2 aromatic carbocycles. The van der Waals surface area contributed by atoms with Crippen molar-refractivity contribution in [1.29, 1.82) is 5.26 Å². The molecule has 0 bridgehead atoms. The molecule has 3 heteroatoms. The fourth-order valence-electron chi connectivity index (χ4n) is 2.28. The highest BCUT2D eigenvalue weighted by Crippen LogP contribution is 2.28. The largest absolute Gasteiger partial charge is 0.378 e. The van der Waals surface area contributed by atoms with Gasteiger partial charge in [-0.25, -0.2) is 0 Å². The van der Waals surface area contributed by atoms with Crippen molar-refractivity contribution in [3.63, 3.8) is 0 Å². The summed E-state index contributed by atoms with van der Waals surface area (Å²) in [5.41, 5.74) is 5.45. The van der Waals surface area contributed by atoms with Crippen LogP contribution in [0.5, 0.6) is 0 Å². The molecule has 1 atom stereocenters. The van der Waals surface area contributed by atoms with E-state index in [4.69, 9.17) is 5.26 Å². The molecule has 0 saturated carbocycles. The Kier molecular flexibility index (Phi) is 4.46. The number of aryl methyl sites for hydroxylation is 2. The topological polar surface area (TPSA) is 35.8 Å². The SMILES string of the molecule is Cc1cc(C)cc(C(C)Nc2ccc(C#N)cc2Br)c1. The number of nitrogens with one attached hydrogen (secondary N) is 1. The molecular formula is C17H17BrN2. The fraction of sp³-hybridized carbons (Fsp3) is 0.235. The van der Waals surface area contributed by atoms with Gasteiger partial charge in [-0.3, -0.25) is 0 Å². The maximum Gasteiger partial charge on any atom is 0.0992 e. The molecule has 0 heterocycles. The summed E-state index contributed by atoms with van der Waals surface area (Å²) < 4.78 is 0.910. The molecule has 102 valence electrons. The van der Waals surface area contributed by atoms with Crippen LogP contribution in [0.25, 0.3) is 0 Å². The molecule has 20 heavy (non-hydrogen) atoms. The van der Waals surface area contributed by atoms with E-state index in [2.05, 4.69) is 66.3 Å². The lowest BCUT2D eigenvalue weighted by Crippen LogP contribution is -2.07. The summed E-state index contributed by atoms with van der Waals surface area (Å²) in [5.74, 6) is 0. The number of anilines is 1. The lowest BCUT2D eigenvalue weighted by atomic mass is 10.0. The van der Waals surface area contributed by atoms with Gasteiger partial charge in [0, 0.05) is 16.2 Å². The van der Waals surface area contributed by atoms with Crippen molar-refractivity contribution in [2.24, 2.45) is 0 Å². The molecule has 1 unspecified atom stereocenters. The summed E-state index contributed by atoms with van der Waals surface area (Å²) >= 11 is 3.50. The van der Waals surface area contributed by atoms with Crippen LogP contribution in [0.2, 0.25) is 0 Å². The Bertz CT molecular complexity index is 651. The van der Waals surface area contributed by atoms with E-state index in [1.54, 1.807) is 0 Å². The van der Waals surface area contributed by atoms with E-state index < -0.39 is 0 Å². The quantitative estimate of drug-likeness (QED) is 0.849. The van der Waals surface area contributed by atoms with Gasteiger partial charge in [-0.1, -0.05) is 29.3 Å². The first-order valence-electron chi connectivity index (χ1n) is 6.54. The Morgan fingerprint density at radius 2 is 1.75 bits per heavy atom. The summed E-state index contributed by atoms with van der Waals surface area (Å²) in [7, 11) is 0. The normalized spacial score (nSPS) is 11.8. The highest BCUT2D eigenvalue weighted by Gasteiger charge is 2.09. The van der Waals surface area contributed by atoms with E-state index in [9.17, 15) is 0 Å². The minimum absolute atomic E-state index is 0.206. The predicted molar refractivity (Wildman–Crippen MR) is 86.8 cm³/mol. The number of hydrogen-bond donors (Lipinski definition) is 1. The van der Waals surface area contributed by atoms with Gasteiger partial charge in [0.25, 0.3) is 0 Å². The van der Waals surface area contributed by atoms with Gasteiger partial charge in [0.05, 0.1) is 11.6 Å².